The highest BCUT2D eigenvalue weighted by molar-refractivity contribution is 6.60. The zero-order valence-corrected chi connectivity index (χ0v) is 24.4. The van der Waals surface area contributed by atoms with Crippen molar-refractivity contribution in [1.82, 2.24) is 5.32 Å². The summed E-state index contributed by atoms with van der Waals surface area (Å²) in [5.74, 6) is 0. The van der Waals surface area contributed by atoms with Crippen LogP contribution in [0.3, 0.4) is 0 Å². The van der Waals surface area contributed by atoms with Crippen molar-refractivity contribution in [3.63, 3.8) is 0 Å². The largest absolute Gasteiger partial charge is 0.502 e. The first-order valence-electron chi connectivity index (χ1n) is 12.8. The summed E-state index contributed by atoms with van der Waals surface area (Å²) in [5, 5.41) is 2.71. The number of nitrogens with two attached hydrogens (primary N) is 1. The third kappa shape index (κ3) is 16.1. The number of primary amides is 1. The molecule has 11 nitrogen and oxygen atoms in total. The number of ether oxygens (including phenoxy) is 5. The summed E-state index contributed by atoms with van der Waals surface area (Å²) in [7, 11) is 6.66. The van der Waals surface area contributed by atoms with Gasteiger partial charge in [-0.3, -0.25) is 0 Å². The maximum atomic E-state index is 11.8. The predicted molar refractivity (Wildman–Crippen MR) is 140 cm³/mol. The molecule has 0 aromatic rings. The molecule has 216 valence electrons. The van der Waals surface area contributed by atoms with Crippen LogP contribution in [0, 0.1) is 0 Å². The molecule has 0 bridgehead atoms. The fourth-order valence-electron chi connectivity index (χ4n) is 4.18. The number of urea groups is 1. The molecule has 0 fully saturated rings. The molecule has 0 aromatic carbocycles. The van der Waals surface area contributed by atoms with Gasteiger partial charge < -0.3 is 48.0 Å². The van der Waals surface area contributed by atoms with Crippen molar-refractivity contribution in [3.05, 3.63) is 0 Å². The van der Waals surface area contributed by atoms with Gasteiger partial charge in [-0.25, -0.2) is 4.79 Å². The summed E-state index contributed by atoms with van der Waals surface area (Å²) in [4.78, 5) is 11.8. The van der Waals surface area contributed by atoms with Crippen LogP contribution in [0.25, 0.3) is 0 Å². The highest BCUT2D eigenvalue weighted by Crippen LogP contribution is 2.36. The van der Waals surface area contributed by atoms with E-state index >= 15 is 0 Å². The van der Waals surface area contributed by atoms with Gasteiger partial charge in [0.2, 0.25) is 0 Å². The molecule has 0 aromatic heterocycles. The maximum absolute atomic E-state index is 11.8. The average molecular weight is 541 g/mol. The van der Waals surface area contributed by atoms with Crippen LogP contribution >= 0.6 is 0 Å². The minimum Gasteiger partial charge on any atom is -0.385 e. The second kappa shape index (κ2) is 22.2. The van der Waals surface area contributed by atoms with Crippen LogP contribution in [0.1, 0.15) is 57.8 Å². The van der Waals surface area contributed by atoms with Gasteiger partial charge in [-0.1, -0.05) is 0 Å². The van der Waals surface area contributed by atoms with Crippen molar-refractivity contribution >= 4 is 14.8 Å². The second-order valence-electron chi connectivity index (χ2n) is 8.81. The van der Waals surface area contributed by atoms with Gasteiger partial charge in [0.1, 0.15) is 6.23 Å². The second-order valence-corrected chi connectivity index (χ2v) is 11.5. The number of rotatable bonds is 26. The van der Waals surface area contributed by atoms with Crippen LogP contribution in [-0.4, -0.2) is 102 Å². The molecular weight excluding hydrogens is 488 g/mol. The van der Waals surface area contributed by atoms with Crippen molar-refractivity contribution in [2.24, 2.45) is 5.73 Å². The lowest BCUT2D eigenvalue weighted by Crippen LogP contribution is -2.57. The van der Waals surface area contributed by atoms with E-state index in [4.69, 9.17) is 42.7 Å². The molecule has 12 heteroatoms. The van der Waals surface area contributed by atoms with Gasteiger partial charge in [-0.05, 0) is 57.8 Å². The molecule has 36 heavy (non-hydrogen) atoms. The van der Waals surface area contributed by atoms with Crippen molar-refractivity contribution in [2.75, 3.05) is 75.7 Å². The minimum absolute atomic E-state index is 0.506. The van der Waals surface area contributed by atoms with Gasteiger partial charge in [-0.15, -0.1) is 0 Å². The van der Waals surface area contributed by atoms with E-state index in [0.29, 0.717) is 58.3 Å². The van der Waals surface area contributed by atoms with Crippen molar-refractivity contribution in [3.8, 4) is 0 Å². The van der Waals surface area contributed by atoms with Crippen LogP contribution in [-0.2, 0) is 37.0 Å². The van der Waals surface area contributed by atoms with E-state index in [2.05, 4.69) is 5.32 Å². The Balaban J connectivity index is 6.13. The van der Waals surface area contributed by atoms with Crippen molar-refractivity contribution in [2.45, 2.75) is 75.7 Å². The third-order valence-corrected chi connectivity index (χ3v) is 8.87. The lowest BCUT2D eigenvalue weighted by atomic mass is 9.88. The van der Waals surface area contributed by atoms with E-state index in [1.807, 2.05) is 0 Å². The summed E-state index contributed by atoms with van der Waals surface area (Å²) in [6, 6.07) is -0.140. The van der Waals surface area contributed by atoms with Crippen molar-refractivity contribution in [1.29, 1.82) is 0 Å². The summed E-state index contributed by atoms with van der Waals surface area (Å²) in [6.45, 7) is 2.92. The number of hydrogen-bond donors (Lipinski definition) is 2. The number of hydrogen-bond acceptors (Lipinski definition) is 9. The molecule has 2 atom stereocenters. The van der Waals surface area contributed by atoms with Crippen LogP contribution in [0.4, 0.5) is 4.79 Å². The molecule has 0 saturated carbocycles. The number of carbonyl (C=O) groups is 1. The summed E-state index contributed by atoms with van der Waals surface area (Å²) >= 11 is 0. The van der Waals surface area contributed by atoms with Gasteiger partial charge in [0.05, 0.1) is 5.60 Å². The number of carbonyl (C=O) groups excluding carboxylic acids is 1. The first kappa shape index (κ1) is 35.2. The Hall–Kier alpha value is -0.833. The van der Waals surface area contributed by atoms with E-state index in [1.165, 1.54) is 0 Å². The van der Waals surface area contributed by atoms with E-state index in [1.54, 1.807) is 42.7 Å². The molecule has 3 N–H and O–H groups in total. The molecule has 0 spiro atoms. The summed E-state index contributed by atoms with van der Waals surface area (Å²) in [5.41, 5.74) is 4.93. The van der Waals surface area contributed by atoms with E-state index < -0.39 is 26.7 Å². The van der Waals surface area contributed by atoms with Gasteiger partial charge in [0.25, 0.3) is 0 Å². The maximum Gasteiger partial charge on any atom is 0.502 e. The average Bonchev–Trinajstić information content (AvgIpc) is 2.84. The van der Waals surface area contributed by atoms with Gasteiger partial charge in [0.15, 0.2) is 0 Å². The fraction of sp³-hybridized carbons (Fsp3) is 0.958. The topological polar surface area (TPSA) is 129 Å². The highest BCUT2D eigenvalue weighted by atomic mass is 28.4. The Morgan fingerprint density at radius 3 is 1.61 bits per heavy atom. The first-order valence-corrected chi connectivity index (χ1v) is 14.7. The molecule has 0 heterocycles. The molecule has 0 aliphatic carbocycles. The number of amides is 2. The zero-order valence-electron chi connectivity index (χ0n) is 23.4. The van der Waals surface area contributed by atoms with Gasteiger partial charge in [0, 0.05) is 81.7 Å². The Bertz CT molecular complexity index is 507. The molecule has 0 rings (SSSR count). The monoisotopic (exact) mass is 540 g/mol. The Labute approximate surface area is 219 Å². The predicted octanol–water partition coefficient (Wildman–Crippen LogP) is 3.08. The number of nitrogens with one attached hydrogen (secondary N) is 1. The molecule has 0 radical (unpaired) electrons. The normalized spacial score (nSPS) is 14.5. The van der Waals surface area contributed by atoms with Crippen LogP contribution in [0.5, 0.6) is 0 Å². The van der Waals surface area contributed by atoms with Crippen LogP contribution in [0.2, 0.25) is 6.04 Å². The zero-order chi connectivity index (χ0) is 27.1. The minimum atomic E-state index is -3.33. The Morgan fingerprint density at radius 1 is 0.750 bits per heavy atom. The van der Waals surface area contributed by atoms with Crippen LogP contribution < -0.4 is 11.1 Å². The van der Waals surface area contributed by atoms with Gasteiger partial charge >= 0.3 is 14.8 Å². The first-order chi connectivity index (χ1) is 17.4. The molecule has 0 saturated heterocycles. The standard InChI is InChI=1S/C24H52N2O9Si/c1-28-16-7-12-22(26-23(25)27)34-36(33-6,21-11-20-32-5)35-24(13-8-17-29-2,14-9-18-30-3)15-10-19-31-4/h22H,7-21H2,1-6H3,(H3,25,26,27). The third-order valence-electron chi connectivity index (χ3n) is 5.90. The molecular formula is C24H52N2O9Si. The van der Waals surface area contributed by atoms with E-state index in [9.17, 15) is 4.79 Å². The smallest absolute Gasteiger partial charge is 0.385 e. The molecule has 2 unspecified atom stereocenters. The molecule has 0 aliphatic heterocycles. The highest BCUT2D eigenvalue weighted by Gasteiger charge is 2.49. The lowest BCUT2D eigenvalue weighted by molar-refractivity contribution is -0.0669. The Morgan fingerprint density at radius 2 is 1.19 bits per heavy atom. The number of methoxy groups -OCH3 is 5. The summed E-state index contributed by atoms with van der Waals surface area (Å²) in [6.07, 6.45) is 5.94. The fourth-order valence-corrected chi connectivity index (χ4v) is 6.99. The quantitative estimate of drug-likeness (QED) is 0.0966. The lowest BCUT2D eigenvalue weighted by Gasteiger charge is -2.43. The molecule has 2 amide bonds. The van der Waals surface area contributed by atoms with Crippen LogP contribution in [0.15, 0.2) is 0 Å². The summed E-state index contributed by atoms with van der Waals surface area (Å²) < 4.78 is 46.2. The Kier molecular flexibility index (Phi) is 21.7. The molecule has 0 aliphatic rings. The van der Waals surface area contributed by atoms with E-state index in [0.717, 1.165) is 38.5 Å². The van der Waals surface area contributed by atoms with Gasteiger partial charge in [-0.2, -0.15) is 0 Å². The van der Waals surface area contributed by atoms with E-state index in [-0.39, 0.29) is 0 Å². The van der Waals surface area contributed by atoms with Crippen molar-refractivity contribution < 1.29 is 41.8 Å². The SMILES string of the molecule is COCCCC(NC(N)=O)O[Si](CCCOC)(OC)OC(CCCOC)(CCCOC)CCCOC.